The summed E-state index contributed by atoms with van der Waals surface area (Å²) in [5.74, 6) is 0.449. The molecule has 0 radical (unpaired) electrons. The largest absolute Gasteiger partial charge is 0.467 e. The summed E-state index contributed by atoms with van der Waals surface area (Å²) in [6.45, 7) is 0. The van der Waals surface area contributed by atoms with E-state index in [0.29, 0.717) is 5.95 Å². The molecule has 0 amide bonds. The van der Waals surface area contributed by atoms with Gasteiger partial charge in [0.05, 0.1) is 19.3 Å². The number of nitrogens with zero attached hydrogens (tertiary/aromatic N) is 3. The third-order valence-corrected chi connectivity index (χ3v) is 2.86. The van der Waals surface area contributed by atoms with Crippen molar-refractivity contribution in [3.8, 4) is 6.01 Å². The number of ether oxygens (including phenoxy) is 1. The first kappa shape index (κ1) is 11.8. The van der Waals surface area contributed by atoms with Gasteiger partial charge >= 0.3 is 6.01 Å². The zero-order chi connectivity index (χ0) is 12.3. The lowest BCUT2D eigenvalue weighted by Gasteiger charge is -2.28. The number of rotatable bonds is 3. The quantitative estimate of drug-likeness (QED) is 0.690. The number of nitrogens with one attached hydrogen (secondary N) is 1. The number of hydrogen-bond acceptors (Lipinski definition) is 7. The zero-order valence-corrected chi connectivity index (χ0v) is 9.76. The Balaban J connectivity index is 2.09. The Morgan fingerprint density at radius 2 is 2.06 bits per heavy atom. The Hall–Kier alpha value is -1.63. The maximum Gasteiger partial charge on any atom is 0.322 e. The molecule has 1 aliphatic carbocycles. The van der Waals surface area contributed by atoms with Gasteiger partial charge in [-0.15, -0.1) is 0 Å². The van der Waals surface area contributed by atoms with Crippen LogP contribution in [0.4, 0.5) is 11.9 Å². The van der Waals surface area contributed by atoms with Gasteiger partial charge in [0.2, 0.25) is 11.9 Å². The van der Waals surface area contributed by atoms with Crippen LogP contribution < -0.4 is 15.8 Å². The summed E-state index contributed by atoms with van der Waals surface area (Å²) in [6.07, 6.45) is 3.48. The molecule has 1 saturated carbocycles. The van der Waals surface area contributed by atoms with E-state index in [0.717, 1.165) is 25.7 Å². The Morgan fingerprint density at radius 1 is 1.29 bits per heavy atom. The van der Waals surface area contributed by atoms with E-state index in [1.54, 1.807) is 0 Å². The van der Waals surface area contributed by atoms with Gasteiger partial charge in [-0.05, 0) is 12.8 Å². The van der Waals surface area contributed by atoms with Crippen molar-refractivity contribution in [1.29, 1.82) is 0 Å². The van der Waals surface area contributed by atoms with Crippen molar-refractivity contribution >= 4 is 11.9 Å². The van der Waals surface area contributed by atoms with E-state index in [9.17, 15) is 5.11 Å². The van der Waals surface area contributed by atoms with E-state index < -0.39 is 0 Å². The molecule has 17 heavy (non-hydrogen) atoms. The first-order valence-electron chi connectivity index (χ1n) is 5.69. The summed E-state index contributed by atoms with van der Waals surface area (Å²) in [4.78, 5) is 11.8. The molecule has 94 valence electrons. The van der Waals surface area contributed by atoms with Crippen LogP contribution in [0.2, 0.25) is 0 Å². The fourth-order valence-electron chi connectivity index (χ4n) is 1.97. The highest BCUT2D eigenvalue weighted by Gasteiger charge is 2.23. The second-order valence-electron chi connectivity index (χ2n) is 4.11. The van der Waals surface area contributed by atoms with Crippen LogP contribution in [0.15, 0.2) is 0 Å². The van der Waals surface area contributed by atoms with Gasteiger partial charge in [-0.3, -0.25) is 0 Å². The lowest BCUT2D eigenvalue weighted by atomic mass is 9.93. The highest BCUT2D eigenvalue weighted by Crippen LogP contribution is 2.21. The van der Waals surface area contributed by atoms with E-state index in [1.165, 1.54) is 7.11 Å². The normalized spacial score (nSPS) is 24.4. The monoisotopic (exact) mass is 239 g/mol. The average Bonchev–Trinajstić information content (AvgIpc) is 2.31. The maximum atomic E-state index is 9.83. The number of nitrogens with two attached hydrogens (primary N) is 1. The number of nitrogen functional groups attached to an aromatic ring is 1. The van der Waals surface area contributed by atoms with E-state index in [1.807, 2.05) is 0 Å². The number of methoxy groups -OCH3 is 1. The fraction of sp³-hybridized carbons (Fsp3) is 0.700. The van der Waals surface area contributed by atoms with E-state index >= 15 is 0 Å². The highest BCUT2D eigenvalue weighted by atomic mass is 16.5. The van der Waals surface area contributed by atoms with Gasteiger partial charge in [0.1, 0.15) is 0 Å². The van der Waals surface area contributed by atoms with Crippen LogP contribution >= 0.6 is 0 Å². The Kier molecular flexibility index (Phi) is 3.58. The van der Waals surface area contributed by atoms with Gasteiger partial charge in [0.15, 0.2) is 0 Å². The summed E-state index contributed by atoms with van der Waals surface area (Å²) in [7, 11) is 1.47. The standard InChI is InChI=1S/C10H17N5O2/c1-17-10-14-8(11)13-9(15-10)12-6-4-2-3-5-7(6)16/h6-7,16H,2-5H2,1H3,(H3,11,12,13,14,15). The van der Waals surface area contributed by atoms with Crippen molar-refractivity contribution in [3.63, 3.8) is 0 Å². The van der Waals surface area contributed by atoms with Crippen LogP contribution in [-0.2, 0) is 0 Å². The number of anilines is 2. The molecule has 0 saturated heterocycles. The Labute approximate surface area is 99.4 Å². The molecule has 1 fully saturated rings. The lowest BCUT2D eigenvalue weighted by Crippen LogP contribution is -2.37. The predicted octanol–water partition coefficient (Wildman–Crippen LogP) is 0.178. The molecule has 7 nitrogen and oxygen atoms in total. The molecule has 2 unspecified atom stereocenters. The van der Waals surface area contributed by atoms with E-state index in [-0.39, 0.29) is 24.1 Å². The summed E-state index contributed by atoms with van der Waals surface area (Å²) >= 11 is 0. The van der Waals surface area contributed by atoms with Gasteiger partial charge in [-0.2, -0.15) is 15.0 Å². The van der Waals surface area contributed by atoms with Crippen molar-refractivity contribution < 1.29 is 9.84 Å². The first-order valence-corrected chi connectivity index (χ1v) is 5.69. The van der Waals surface area contributed by atoms with Crippen molar-refractivity contribution in [2.24, 2.45) is 0 Å². The fourth-order valence-corrected chi connectivity index (χ4v) is 1.97. The molecular weight excluding hydrogens is 222 g/mol. The number of aliphatic hydroxyl groups is 1. The molecule has 1 aromatic rings. The second kappa shape index (κ2) is 5.13. The first-order chi connectivity index (χ1) is 8.19. The molecule has 0 aromatic carbocycles. The minimum Gasteiger partial charge on any atom is -0.467 e. The summed E-state index contributed by atoms with van der Waals surface area (Å²) in [5, 5.41) is 12.9. The summed E-state index contributed by atoms with van der Waals surface area (Å²) in [6, 6.07) is 0.139. The van der Waals surface area contributed by atoms with E-state index in [2.05, 4.69) is 20.3 Å². The van der Waals surface area contributed by atoms with Crippen LogP contribution in [0.25, 0.3) is 0 Å². The summed E-state index contributed by atoms with van der Waals surface area (Å²) < 4.78 is 4.91. The van der Waals surface area contributed by atoms with Crippen molar-refractivity contribution in [2.75, 3.05) is 18.2 Å². The van der Waals surface area contributed by atoms with Gasteiger partial charge in [-0.25, -0.2) is 0 Å². The Morgan fingerprint density at radius 3 is 2.76 bits per heavy atom. The van der Waals surface area contributed by atoms with Crippen molar-refractivity contribution in [1.82, 2.24) is 15.0 Å². The molecular formula is C10H17N5O2. The zero-order valence-electron chi connectivity index (χ0n) is 9.76. The smallest absolute Gasteiger partial charge is 0.322 e. The Bertz CT molecular complexity index is 387. The molecule has 1 aliphatic rings. The lowest BCUT2D eigenvalue weighted by molar-refractivity contribution is 0.116. The molecule has 0 aliphatic heterocycles. The second-order valence-corrected chi connectivity index (χ2v) is 4.11. The third kappa shape index (κ3) is 2.94. The van der Waals surface area contributed by atoms with Crippen LogP contribution in [0.1, 0.15) is 25.7 Å². The third-order valence-electron chi connectivity index (χ3n) is 2.86. The van der Waals surface area contributed by atoms with Crippen LogP contribution in [0.5, 0.6) is 6.01 Å². The minimum absolute atomic E-state index is 0.0322. The summed E-state index contributed by atoms with van der Waals surface area (Å²) in [5.41, 5.74) is 5.53. The van der Waals surface area contributed by atoms with Crippen LogP contribution in [0.3, 0.4) is 0 Å². The van der Waals surface area contributed by atoms with Crippen molar-refractivity contribution in [2.45, 2.75) is 37.8 Å². The van der Waals surface area contributed by atoms with Gasteiger partial charge in [-0.1, -0.05) is 12.8 Å². The SMILES string of the molecule is COc1nc(N)nc(NC2CCCCC2O)n1. The van der Waals surface area contributed by atoms with Gasteiger partial charge in [0, 0.05) is 0 Å². The molecule has 2 rings (SSSR count). The highest BCUT2D eigenvalue weighted by molar-refractivity contribution is 5.34. The molecule has 4 N–H and O–H groups in total. The van der Waals surface area contributed by atoms with E-state index in [4.69, 9.17) is 10.5 Å². The molecule has 0 spiro atoms. The minimum atomic E-state index is -0.368. The average molecular weight is 239 g/mol. The molecule has 1 heterocycles. The van der Waals surface area contributed by atoms with Crippen LogP contribution in [0, 0.1) is 0 Å². The van der Waals surface area contributed by atoms with Gasteiger partial charge in [0.25, 0.3) is 0 Å². The van der Waals surface area contributed by atoms with Gasteiger partial charge < -0.3 is 20.9 Å². The molecule has 1 aromatic heterocycles. The predicted molar refractivity (Wildman–Crippen MR) is 62.7 cm³/mol. The van der Waals surface area contributed by atoms with Crippen LogP contribution in [-0.4, -0.2) is 39.3 Å². The topological polar surface area (TPSA) is 106 Å². The maximum absolute atomic E-state index is 9.83. The van der Waals surface area contributed by atoms with Crippen molar-refractivity contribution in [3.05, 3.63) is 0 Å². The number of hydrogen-bond donors (Lipinski definition) is 3. The molecule has 7 heteroatoms. The molecule has 0 bridgehead atoms. The number of aliphatic hydroxyl groups excluding tert-OH is 1. The number of aromatic nitrogens is 3. The molecule has 2 atom stereocenters.